The van der Waals surface area contributed by atoms with Crippen molar-refractivity contribution in [3.63, 3.8) is 0 Å². The van der Waals surface area contributed by atoms with Crippen molar-refractivity contribution >= 4 is 0 Å². The van der Waals surface area contributed by atoms with Gasteiger partial charge in [-0.2, -0.15) is 0 Å². The highest BCUT2D eigenvalue weighted by atomic mass is 16.5. The van der Waals surface area contributed by atoms with Crippen molar-refractivity contribution in [3.05, 3.63) is 29.8 Å². The average Bonchev–Trinajstić information content (AvgIpc) is 2.65. The molecule has 1 fully saturated rings. The largest absolute Gasteiger partial charge is 0.497 e. The molecule has 1 N–H and O–H groups in total. The van der Waals surface area contributed by atoms with Crippen molar-refractivity contribution in [3.8, 4) is 5.75 Å². The number of hydrogen-bond donors (Lipinski definition) is 1. The van der Waals surface area contributed by atoms with Crippen LogP contribution in [0.25, 0.3) is 0 Å². The van der Waals surface area contributed by atoms with Crippen LogP contribution < -0.4 is 10.1 Å². The highest BCUT2D eigenvalue weighted by molar-refractivity contribution is 5.30. The summed E-state index contributed by atoms with van der Waals surface area (Å²) in [5, 5.41) is 3.47. The van der Waals surface area contributed by atoms with Crippen molar-refractivity contribution in [2.75, 3.05) is 13.7 Å². The predicted molar refractivity (Wildman–Crippen MR) is 57.8 cm³/mol. The van der Waals surface area contributed by atoms with E-state index >= 15 is 0 Å². The molecule has 0 aromatic heterocycles. The molecule has 1 aliphatic heterocycles. The molecule has 1 aromatic carbocycles. The fourth-order valence-electron chi connectivity index (χ4n) is 2.07. The van der Waals surface area contributed by atoms with Crippen LogP contribution >= 0.6 is 0 Å². The Balaban J connectivity index is 2.09. The van der Waals surface area contributed by atoms with E-state index in [1.54, 1.807) is 7.11 Å². The van der Waals surface area contributed by atoms with Crippen LogP contribution in [0.15, 0.2) is 24.3 Å². The lowest BCUT2D eigenvalue weighted by atomic mass is 9.97. The van der Waals surface area contributed by atoms with Crippen molar-refractivity contribution in [1.29, 1.82) is 0 Å². The molecule has 14 heavy (non-hydrogen) atoms. The zero-order chi connectivity index (χ0) is 9.97. The van der Waals surface area contributed by atoms with Crippen molar-refractivity contribution < 1.29 is 4.74 Å². The monoisotopic (exact) mass is 191 g/mol. The van der Waals surface area contributed by atoms with Gasteiger partial charge in [-0.15, -0.1) is 0 Å². The first-order valence-electron chi connectivity index (χ1n) is 5.17. The SMILES string of the molecule is COc1ccc([C@H]2CN[C@H](C)C2)cc1. The smallest absolute Gasteiger partial charge is 0.118 e. The van der Waals surface area contributed by atoms with E-state index < -0.39 is 0 Å². The molecule has 0 spiro atoms. The van der Waals surface area contributed by atoms with E-state index in [0.29, 0.717) is 12.0 Å². The van der Waals surface area contributed by atoms with E-state index in [1.807, 2.05) is 12.1 Å². The van der Waals surface area contributed by atoms with Gasteiger partial charge in [0.15, 0.2) is 0 Å². The number of methoxy groups -OCH3 is 1. The van der Waals surface area contributed by atoms with Crippen LogP contribution in [-0.4, -0.2) is 19.7 Å². The minimum absolute atomic E-state index is 0.655. The summed E-state index contributed by atoms with van der Waals surface area (Å²) in [6.07, 6.45) is 1.24. The van der Waals surface area contributed by atoms with Gasteiger partial charge in [-0.05, 0) is 37.0 Å². The molecule has 0 radical (unpaired) electrons. The second kappa shape index (κ2) is 4.01. The summed E-state index contributed by atoms with van der Waals surface area (Å²) in [6, 6.07) is 9.07. The van der Waals surface area contributed by atoms with Gasteiger partial charge >= 0.3 is 0 Å². The summed E-state index contributed by atoms with van der Waals surface area (Å²) in [7, 11) is 1.70. The second-order valence-electron chi connectivity index (χ2n) is 4.02. The van der Waals surface area contributed by atoms with Crippen molar-refractivity contribution in [1.82, 2.24) is 5.32 Å². The zero-order valence-electron chi connectivity index (χ0n) is 8.79. The lowest BCUT2D eigenvalue weighted by Crippen LogP contribution is -2.16. The Morgan fingerprint density at radius 3 is 2.50 bits per heavy atom. The van der Waals surface area contributed by atoms with Gasteiger partial charge in [-0.3, -0.25) is 0 Å². The minimum atomic E-state index is 0.655. The van der Waals surface area contributed by atoms with Crippen LogP contribution in [0.2, 0.25) is 0 Å². The van der Waals surface area contributed by atoms with Gasteiger partial charge in [0.05, 0.1) is 7.11 Å². The standard InChI is InChI=1S/C12H17NO/c1-9-7-11(8-13-9)10-3-5-12(14-2)6-4-10/h3-6,9,11,13H,7-8H2,1-2H3/t9-,11-/m1/s1. The lowest BCUT2D eigenvalue weighted by molar-refractivity contribution is 0.414. The Morgan fingerprint density at radius 1 is 1.29 bits per heavy atom. The van der Waals surface area contributed by atoms with Crippen molar-refractivity contribution in [2.45, 2.75) is 25.3 Å². The predicted octanol–water partition coefficient (Wildman–Crippen LogP) is 2.16. The van der Waals surface area contributed by atoms with Gasteiger partial charge in [0.2, 0.25) is 0 Å². The summed E-state index contributed by atoms with van der Waals surface area (Å²) in [4.78, 5) is 0. The molecule has 2 rings (SSSR count). The molecule has 0 unspecified atom stereocenters. The summed E-state index contributed by atoms with van der Waals surface area (Å²) >= 11 is 0. The molecule has 1 aliphatic rings. The first-order valence-corrected chi connectivity index (χ1v) is 5.17. The molecule has 1 heterocycles. The number of rotatable bonds is 2. The van der Waals surface area contributed by atoms with E-state index in [1.165, 1.54) is 12.0 Å². The van der Waals surface area contributed by atoms with Crippen LogP contribution in [0.4, 0.5) is 0 Å². The third-order valence-corrected chi connectivity index (χ3v) is 2.94. The molecule has 2 heteroatoms. The normalized spacial score (nSPS) is 26.4. The summed E-state index contributed by atoms with van der Waals surface area (Å²) in [6.45, 7) is 3.34. The number of nitrogens with one attached hydrogen (secondary N) is 1. The first kappa shape index (κ1) is 9.53. The molecule has 2 nitrogen and oxygen atoms in total. The Morgan fingerprint density at radius 2 is 2.00 bits per heavy atom. The molecule has 1 aromatic rings. The fraction of sp³-hybridized carbons (Fsp3) is 0.500. The van der Waals surface area contributed by atoms with E-state index in [4.69, 9.17) is 4.74 Å². The molecular formula is C12H17NO. The number of benzene rings is 1. The first-order chi connectivity index (χ1) is 6.79. The van der Waals surface area contributed by atoms with E-state index in [-0.39, 0.29) is 0 Å². The molecule has 0 amide bonds. The second-order valence-corrected chi connectivity index (χ2v) is 4.02. The molecular weight excluding hydrogens is 174 g/mol. The van der Waals surface area contributed by atoms with Gasteiger partial charge in [-0.1, -0.05) is 12.1 Å². The maximum absolute atomic E-state index is 5.14. The van der Waals surface area contributed by atoms with Gasteiger partial charge < -0.3 is 10.1 Å². The maximum atomic E-state index is 5.14. The van der Waals surface area contributed by atoms with Gasteiger partial charge in [0.1, 0.15) is 5.75 Å². The molecule has 0 saturated carbocycles. The van der Waals surface area contributed by atoms with Crippen molar-refractivity contribution in [2.24, 2.45) is 0 Å². The highest BCUT2D eigenvalue weighted by Crippen LogP contribution is 2.26. The maximum Gasteiger partial charge on any atom is 0.118 e. The lowest BCUT2D eigenvalue weighted by Gasteiger charge is -2.09. The Bertz CT molecular complexity index is 294. The third kappa shape index (κ3) is 1.90. The summed E-state index contributed by atoms with van der Waals surface area (Å²) < 4.78 is 5.14. The van der Waals surface area contributed by atoms with Gasteiger partial charge in [0, 0.05) is 12.6 Å². The molecule has 1 saturated heterocycles. The molecule has 0 aliphatic carbocycles. The Labute approximate surface area is 85.3 Å². The summed E-state index contributed by atoms with van der Waals surface area (Å²) in [5.74, 6) is 1.61. The topological polar surface area (TPSA) is 21.3 Å². The fourth-order valence-corrected chi connectivity index (χ4v) is 2.07. The quantitative estimate of drug-likeness (QED) is 0.773. The van der Waals surface area contributed by atoms with E-state index in [2.05, 4.69) is 24.4 Å². The van der Waals surface area contributed by atoms with E-state index in [9.17, 15) is 0 Å². The van der Waals surface area contributed by atoms with Crippen LogP contribution in [0.5, 0.6) is 5.75 Å². The molecule has 0 bridgehead atoms. The molecule has 2 atom stereocenters. The van der Waals surface area contributed by atoms with Crippen LogP contribution in [-0.2, 0) is 0 Å². The average molecular weight is 191 g/mol. The Hall–Kier alpha value is -1.02. The number of ether oxygens (including phenoxy) is 1. The third-order valence-electron chi connectivity index (χ3n) is 2.94. The molecule has 76 valence electrons. The van der Waals surface area contributed by atoms with Crippen LogP contribution in [0, 0.1) is 0 Å². The van der Waals surface area contributed by atoms with E-state index in [0.717, 1.165) is 12.3 Å². The zero-order valence-corrected chi connectivity index (χ0v) is 8.79. The van der Waals surface area contributed by atoms with Crippen LogP contribution in [0.1, 0.15) is 24.8 Å². The summed E-state index contributed by atoms with van der Waals surface area (Å²) in [5.41, 5.74) is 1.42. The minimum Gasteiger partial charge on any atom is -0.497 e. The van der Waals surface area contributed by atoms with Gasteiger partial charge in [-0.25, -0.2) is 0 Å². The highest BCUT2D eigenvalue weighted by Gasteiger charge is 2.21. The Kier molecular flexibility index (Phi) is 2.73. The van der Waals surface area contributed by atoms with Gasteiger partial charge in [0.25, 0.3) is 0 Å². The number of hydrogen-bond acceptors (Lipinski definition) is 2. The van der Waals surface area contributed by atoms with Crippen LogP contribution in [0.3, 0.4) is 0 Å².